The van der Waals surface area contributed by atoms with E-state index in [9.17, 15) is 4.79 Å². The van der Waals surface area contributed by atoms with Gasteiger partial charge in [-0.25, -0.2) is 0 Å². The van der Waals surface area contributed by atoms with E-state index in [0.717, 1.165) is 16.9 Å². The third kappa shape index (κ3) is 5.61. The fourth-order valence-electron chi connectivity index (χ4n) is 2.77. The monoisotopic (exact) mass is 341 g/mol. The van der Waals surface area contributed by atoms with Crippen molar-refractivity contribution in [2.75, 3.05) is 7.11 Å². The first-order valence-corrected chi connectivity index (χ1v) is 8.46. The number of hydrogen-bond donors (Lipinski definition) is 1. The van der Waals surface area contributed by atoms with Gasteiger partial charge in [0.25, 0.3) is 0 Å². The van der Waals surface area contributed by atoms with Crippen molar-refractivity contribution in [1.82, 2.24) is 0 Å². The van der Waals surface area contributed by atoms with Crippen molar-refractivity contribution in [3.8, 4) is 5.75 Å². The Kier molecular flexibility index (Phi) is 6.21. The van der Waals surface area contributed by atoms with Gasteiger partial charge in [0.2, 0.25) is 0 Å². The van der Waals surface area contributed by atoms with Gasteiger partial charge in [-0.15, -0.1) is 0 Å². The van der Waals surface area contributed by atoms with Crippen LogP contribution in [0.1, 0.15) is 50.3 Å². The molecule has 2 aromatic rings. The smallest absolute Gasteiger partial charge is 0.306 e. The van der Waals surface area contributed by atoms with Crippen LogP contribution in [0.15, 0.2) is 54.6 Å². The number of methoxy groups -OCH3 is 1. The first kappa shape index (κ1) is 19.0. The molecule has 0 fully saturated rings. The van der Waals surface area contributed by atoms with Crippen molar-refractivity contribution >= 4 is 5.97 Å². The summed E-state index contributed by atoms with van der Waals surface area (Å²) in [5.74, 6) is 0.370. The Morgan fingerprint density at radius 2 is 1.60 bits per heavy atom. The van der Waals surface area contributed by atoms with Crippen molar-refractivity contribution in [2.45, 2.75) is 44.8 Å². The quantitative estimate of drug-likeness (QED) is 0.800. The molecule has 0 amide bonds. The standard InChI is InChI=1S/C21H27NO3/c1-21(2,3)25-19(23)14-18(15-8-6-5-7-9-15)20(22)16-10-12-17(24-4)13-11-16/h5-13,18,20H,14,22H2,1-4H3. The Balaban J connectivity index is 2.25. The molecule has 0 aliphatic rings. The van der Waals surface area contributed by atoms with Crippen LogP contribution < -0.4 is 10.5 Å². The lowest BCUT2D eigenvalue weighted by Gasteiger charge is -2.26. The van der Waals surface area contributed by atoms with Crippen LogP contribution in [-0.4, -0.2) is 18.7 Å². The second kappa shape index (κ2) is 8.17. The zero-order chi connectivity index (χ0) is 18.4. The van der Waals surface area contributed by atoms with Crippen molar-refractivity contribution in [1.29, 1.82) is 0 Å². The summed E-state index contributed by atoms with van der Waals surface area (Å²) in [6.45, 7) is 5.60. The van der Waals surface area contributed by atoms with Gasteiger partial charge in [0.1, 0.15) is 11.4 Å². The Morgan fingerprint density at radius 1 is 1.00 bits per heavy atom. The largest absolute Gasteiger partial charge is 0.497 e. The van der Waals surface area contributed by atoms with Crippen LogP contribution in [0.5, 0.6) is 5.75 Å². The van der Waals surface area contributed by atoms with Crippen molar-refractivity contribution in [3.05, 3.63) is 65.7 Å². The second-order valence-corrected chi connectivity index (χ2v) is 7.11. The Hall–Kier alpha value is -2.33. The lowest BCUT2D eigenvalue weighted by atomic mass is 9.85. The Morgan fingerprint density at radius 3 is 2.12 bits per heavy atom. The summed E-state index contributed by atoms with van der Waals surface area (Å²) in [5.41, 5.74) is 8.00. The maximum Gasteiger partial charge on any atom is 0.306 e. The van der Waals surface area contributed by atoms with Crippen molar-refractivity contribution in [2.24, 2.45) is 5.73 Å². The molecule has 2 unspecified atom stereocenters. The van der Waals surface area contributed by atoms with Gasteiger partial charge in [0, 0.05) is 12.0 Å². The third-order valence-electron chi connectivity index (χ3n) is 3.97. The van der Waals surface area contributed by atoms with Crippen LogP contribution in [-0.2, 0) is 9.53 Å². The lowest BCUT2D eigenvalue weighted by molar-refractivity contribution is -0.155. The van der Waals surface area contributed by atoms with Gasteiger partial charge in [-0.05, 0) is 44.0 Å². The van der Waals surface area contributed by atoms with Crippen LogP contribution in [0.3, 0.4) is 0 Å². The predicted octanol–water partition coefficient (Wildman–Crippen LogP) is 4.21. The molecule has 25 heavy (non-hydrogen) atoms. The molecule has 0 spiro atoms. The first-order valence-electron chi connectivity index (χ1n) is 8.46. The summed E-state index contributed by atoms with van der Waals surface area (Å²) >= 11 is 0. The highest BCUT2D eigenvalue weighted by molar-refractivity contribution is 5.71. The lowest BCUT2D eigenvalue weighted by Crippen LogP contribution is -2.28. The zero-order valence-corrected chi connectivity index (χ0v) is 15.4. The minimum atomic E-state index is -0.511. The number of hydrogen-bond acceptors (Lipinski definition) is 4. The summed E-state index contributed by atoms with van der Waals surface area (Å²) in [4.78, 5) is 12.4. The molecule has 4 heteroatoms. The average molecular weight is 341 g/mol. The number of carbonyl (C=O) groups is 1. The molecule has 0 aliphatic carbocycles. The number of nitrogens with two attached hydrogens (primary N) is 1. The highest BCUT2D eigenvalue weighted by atomic mass is 16.6. The van der Waals surface area contributed by atoms with Gasteiger partial charge in [0.05, 0.1) is 13.5 Å². The van der Waals surface area contributed by atoms with E-state index >= 15 is 0 Å². The Bertz CT molecular complexity index is 675. The highest BCUT2D eigenvalue weighted by Gasteiger charge is 2.27. The van der Waals surface area contributed by atoms with Crippen LogP contribution in [0.2, 0.25) is 0 Å². The van der Waals surface area contributed by atoms with Crippen molar-refractivity contribution in [3.63, 3.8) is 0 Å². The minimum absolute atomic E-state index is 0.163. The third-order valence-corrected chi connectivity index (χ3v) is 3.97. The normalized spacial score (nSPS) is 13.8. The van der Waals surface area contributed by atoms with E-state index in [2.05, 4.69) is 0 Å². The molecule has 0 bridgehead atoms. The summed E-state index contributed by atoms with van der Waals surface area (Å²) < 4.78 is 10.7. The van der Waals surface area contributed by atoms with Gasteiger partial charge in [-0.1, -0.05) is 42.5 Å². The van der Waals surface area contributed by atoms with E-state index in [1.54, 1.807) is 7.11 Å². The van der Waals surface area contributed by atoms with Gasteiger partial charge < -0.3 is 15.2 Å². The van der Waals surface area contributed by atoms with Gasteiger partial charge in [0.15, 0.2) is 0 Å². The molecule has 134 valence electrons. The number of esters is 1. The Labute approximate surface area is 150 Å². The summed E-state index contributed by atoms with van der Waals surface area (Å²) in [6, 6.07) is 17.2. The minimum Gasteiger partial charge on any atom is -0.497 e. The molecule has 2 atom stereocenters. The molecule has 2 rings (SSSR count). The predicted molar refractivity (Wildman–Crippen MR) is 99.6 cm³/mol. The van der Waals surface area contributed by atoms with E-state index in [4.69, 9.17) is 15.2 Å². The highest BCUT2D eigenvalue weighted by Crippen LogP contribution is 2.33. The molecule has 0 heterocycles. The topological polar surface area (TPSA) is 61.5 Å². The van der Waals surface area contributed by atoms with E-state index in [-0.39, 0.29) is 24.3 Å². The number of rotatable bonds is 6. The fraction of sp³-hybridized carbons (Fsp3) is 0.381. The molecule has 0 saturated carbocycles. The van der Waals surface area contributed by atoms with Crippen LogP contribution in [0.25, 0.3) is 0 Å². The number of benzene rings is 2. The summed E-state index contributed by atoms with van der Waals surface area (Å²) in [5, 5.41) is 0. The molecular weight excluding hydrogens is 314 g/mol. The first-order chi connectivity index (χ1) is 11.8. The summed E-state index contributed by atoms with van der Waals surface area (Å²) in [6.07, 6.45) is 0.231. The average Bonchev–Trinajstić information content (AvgIpc) is 2.58. The molecule has 4 nitrogen and oxygen atoms in total. The van der Waals surface area contributed by atoms with E-state index < -0.39 is 5.60 Å². The van der Waals surface area contributed by atoms with E-state index in [0.29, 0.717) is 0 Å². The zero-order valence-electron chi connectivity index (χ0n) is 15.4. The van der Waals surface area contributed by atoms with Gasteiger partial charge in [-0.3, -0.25) is 4.79 Å². The van der Waals surface area contributed by atoms with E-state index in [1.165, 1.54) is 0 Å². The molecule has 0 saturated heterocycles. The maximum atomic E-state index is 12.4. The molecular formula is C21H27NO3. The molecule has 0 radical (unpaired) electrons. The van der Waals surface area contributed by atoms with Crippen molar-refractivity contribution < 1.29 is 14.3 Å². The molecule has 0 aliphatic heterocycles. The second-order valence-electron chi connectivity index (χ2n) is 7.11. The van der Waals surface area contributed by atoms with Crippen LogP contribution in [0.4, 0.5) is 0 Å². The van der Waals surface area contributed by atoms with Gasteiger partial charge >= 0.3 is 5.97 Å². The molecule has 2 N–H and O–H groups in total. The molecule has 0 aromatic heterocycles. The SMILES string of the molecule is COc1ccc(C(N)C(CC(=O)OC(C)(C)C)c2ccccc2)cc1. The van der Waals surface area contributed by atoms with E-state index in [1.807, 2.05) is 75.4 Å². The molecule has 2 aromatic carbocycles. The number of carbonyl (C=O) groups excluding carboxylic acids is 1. The maximum absolute atomic E-state index is 12.4. The summed E-state index contributed by atoms with van der Waals surface area (Å²) in [7, 11) is 1.63. The van der Waals surface area contributed by atoms with Crippen LogP contribution >= 0.6 is 0 Å². The van der Waals surface area contributed by atoms with Gasteiger partial charge in [-0.2, -0.15) is 0 Å². The fourth-order valence-corrected chi connectivity index (χ4v) is 2.77. The van der Waals surface area contributed by atoms with Crippen LogP contribution in [0, 0.1) is 0 Å². The number of ether oxygens (including phenoxy) is 2.